The van der Waals surface area contributed by atoms with Crippen LogP contribution in [0.3, 0.4) is 0 Å². The molecule has 0 atom stereocenters. The molecule has 0 aromatic heterocycles. The molecule has 2 aromatic rings. The summed E-state index contributed by atoms with van der Waals surface area (Å²) in [6, 6.07) is 20.9. The van der Waals surface area contributed by atoms with E-state index in [2.05, 4.69) is 29.5 Å². The van der Waals surface area contributed by atoms with Crippen molar-refractivity contribution in [2.75, 3.05) is 0 Å². The molecule has 0 saturated heterocycles. The highest BCUT2D eigenvalue weighted by Gasteiger charge is 2.01. The third-order valence-corrected chi connectivity index (χ3v) is 4.16. The van der Waals surface area contributed by atoms with Crippen molar-refractivity contribution in [1.29, 1.82) is 0 Å². The van der Waals surface area contributed by atoms with Crippen LogP contribution in [0.4, 0.5) is 0 Å². The first-order chi connectivity index (χ1) is 9.88. The van der Waals surface area contributed by atoms with Crippen molar-refractivity contribution >= 4 is 8.80 Å². The molecule has 0 N–H and O–H groups in total. The molecule has 2 rings (SSSR count). The minimum Gasteiger partial charge on any atom is -0.111 e. The van der Waals surface area contributed by atoms with Gasteiger partial charge in [-0.3, -0.25) is 0 Å². The molecule has 0 bridgehead atoms. The molecular formula is C19H15Si. The van der Waals surface area contributed by atoms with Crippen molar-refractivity contribution in [3.63, 3.8) is 0 Å². The summed E-state index contributed by atoms with van der Waals surface area (Å²) >= 11 is 0. The maximum absolute atomic E-state index is 3.80. The first kappa shape index (κ1) is 13.9. The number of benzene rings is 2. The van der Waals surface area contributed by atoms with E-state index in [9.17, 15) is 0 Å². The van der Waals surface area contributed by atoms with Crippen LogP contribution in [0.1, 0.15) is 11.1 Å². The maximum Gasteiger partial charge on any atom is 0.238 e. The highest BCUT2D eigenvalue weighted by Crippen LogP contribution is 1.99. The molecule has 1 heteroatoms. The van der Waals surface area contributed by atoms with E-state index in [4.69, 9.17) is 0 Å². The molecule has 0 heterocycles. The van der Waals surface area contributed by atoms with Gasteiger partial charge in [0, 0.05) is 11.1 Å². The zero-order chi connectivity index (χ0) is 14.0. The van der Waals surface area contributed by atoms with Crippen molar-refractivity contribution < 1.29 is 0 Å². The van der Waals surface area contributed by atoms with E-state index in [-0.39, 0.29) is 0 Å². The SMILES string of the molecule is C=CC[Si](C#Cc1ccccc1)C#Cc1ccccc1. The third kappa shape index (κ3) is 4.65. The lowest BCUT2D eigenvalue weighted by Gasteiger charge is -1.94. The molecule has 2 aromatic carbocycles. The van der Waals surface area contributed by atoms with Crippen molar-refractivity contribution in [2.45, 2.75) is 6.04 Å². The Balaban J connectivity index is 2.15. The number of hydrogen-bond acceptors (Lipinski definition) is 0. The lowest BCUT2D eigenvalue weighted by molar-refractivity contribution is 1.64. The Hall–Kier alpha value is -2.48. The number of rotatable bonds is 2. The Bertz CT molecular complexity index is 606. The molecule has 20 heavy (non-hydrogen) atoms. The van der Waals surface area contributed by atoms with Crippen LogP contribution in [0.5, 0.6) is 0 Å². The second-order valence-corrected chi connectivity index (χ2v) is 6.07. The van der Waals surface area contributed by atoms with E-state index in [1.807, 2.05) is 66.7 Å². The molecule has 0 spiro atoms. The summed E-state index contributed by atoms with van der Waals surface area (Å²) in [6.45, 7) is 3.80. The molecule has 0 aliphatic heterocycles. The molecule has 0 amide bonds. The van der Waals surface area contributed by atoms with Crippen molar-refractivity contribution in [3.05, 3.63) is 84.4 Å². The van der Waals surface area contributed by atoms with E-state index in [0.29, 0.717) is 0 Å². The molecule has 0 aliphatic carbocycles. The topological polar surface area (TPSA) is 0 Å². The van der Waals surface area contributed by atoms with Crippen LogP contribution in [-0.4, -0.2) is 8.80 Å². The Labute approximate surface area is 122 Å². The van der Waals surface area contributed by atoms with Gasteiger partial charge in [0.05, 0.1) is 0 Å². The van der Waals surface area contributed by atoms with Crippen molar-refractivity contribution in [1.82, 2.24) is 0 Å². The fourth-order valence-electron chi connectivity index (χ4n) is 1.62. The first-order valence-electron chi connectivity index (χ1n) is 6.49. The minimum absolute atomic E-state index is 0.879. The van der Waals surface area contributed by atoms with Crippen LogP contribution >= 0.6 is 0 Å². The maximum atomic E-state index is 3.80. The van der Waals surface area contributed by atoms with Crippen molar-refractivity contribution in [2.24, 2.45) is 0 Å². The van der Waals surface area contributed by atoms with Gasteiger partial charge in [-0.25, -0.2) is 0 Å². The molecule has 0 unspecified atom stereocenters. The quantitative estimate of drug-likeness (QED) is 0.442. The van der Waals surface area contributed by atoms with E-state index < -0.39 is 8.80 Å². The summed E-state index contributed by atoms with van der Waals surface area (Å²) in [6.07, 6.45) is 1.91. The Morgan fingerprint density at radius 3 is 1.65 bits per heavy atom. The van der Waals surface area contributed by atoms with Gasteiger partial charge >= 0.3 is 0 Å². The highest BCUT2D eigenvalue weighted by molar-refractivity contribution is 6.76. The second-order valence-electron chi connectivity index (χ2n) is 4.20. The van der Waals surface area contributed by atoms with Gasteiger partial charge in [-0.15, -0.1) is 17.7 Å². The molecular weight excluding hydrogens is 256 g/mol. The van der Waals surface area contributed by atoms with Gasteiger partial charge < -0.3 is 0 Å². The van der Waals surface area contributed by atoms with Crippen LogP contribution < -0.4 is 0 Å². The largest absolute Gasteiger partial charge is 0.238 e. The number of allylic oxidation sites excluding steroid dienone is 1. The average Bonchev–Trinajstić information content (AvgIpc) is 2.52. The zero-order valence-corrected chi connectivity index (χ0v) is 12.3. The summed E-state index contributed by atoms with van der Waals surface area (Å²) in [5.74, 6) is 6.42. The Kier molecular flexibility index (Phi) is 5.47. The van der Waals surface area contributed by atoms with E-state index >= 15 is 0 Å². The highest BCUT2D eigenvalue weighted by atomic mass is 28.3. The van der Waals surface area contributed by atoms with Gasteiger partial charge in [0.25, 0.3) is 0 Å². The normalized spacial score (nSPS) is 9.05. The summed E-state index contributed by atoms with van der Waals surface area (Å²) in [5, 5.41) is 0. The molecule has 0 fully saturated rings. The van der Waals surface area contributed by atoms with Crippen LogP contribution in [0, 0.1) is 22.9 Å². The summed E-state index contributed by atoms with van der Waals surface area (Å²) < 4.78 is 0. The van der Waals surface area contributed by atoms with Crippen LogP contribution in [0.15, 0.2) is 73.3 Å². The lowest BCUT2D eigenvalue weighted by atomic mass is 10.2. The van der Waals surface area contributed by atoms with E-state index in [0.717, 1.165) is 17.2 Å². The van der Waals surface area contributed by atoms with Gasteiger partial charge in [-0.2, -0.15) is 0 Å². The van der Waals surface area contributed by atoms with Gasteiger partial charge in [-0.05, 0) is 30.3 Å². The molecule has 0 saturated carbocycles. The van der Waals surface area contributed by atoms with Crippen LogP contribution in [0.2, 0.25) is 6.04 Å². The second kappa shape index (κ2) is 7.84. The minimum atomic E-state index is -1.03. The third-order valence-electron chi connectivity index (χ3n) is 2.61. The van der Waals surface area contributed by atoms with Gasteiger partial charge in [0.15, 0.2) is 0 Å². The molecule has 95 valence electrons. The summed E-state index contributed by atoms with van der Waals surface area (Å²) in [5.41, 5.74) is 8.71. The smallest absolute Gasteiger partial charge is 0.111 e. The Morgan fingerprint density at radius 2 is 1.25 bits per heavy atom. The average molecular weight is 271 g/mol. The lowest BCUT2D eigenvalue weighted by Crippen LogP contribution is -2.05. The predicted molar refractivity (Wildman–Crippen MR) is 87.4 cm³/mol. The van der Waals surface area contributed by atoms with Crippen molar-refractivity contribution in [3.8, 4) is 22.9 Å². The van der Waals surface area contributed by atoms with Crippen LogP contribution in [-0.2, 0) is 0 Å². The molecule has 0 aliphatic rings. The predicted octanol–water partition coefficient (Wildman–Crippen LogP) is 3.85. The van der Waals surface area contributed by atoms with E-state index in [1.54, 1.807) is 0 Å². The number of hydrogen-bond donors (Lipinski definition) is 0. The molecule has 1 radical (unpaired) electrons. The standard InChI is InChI=1S/C19H15Si/c1-2-15-20(16-13-18-9-5-3-6-10-18)17-14-19-11-7-4-8-12-19/h2-12H,1,15H2. The van der Waals surface area contributed by atoms with E-state index in [1.165, 1.54) is 0 Å². The fourth-order valence-corrected chi connectivity index (χ4v) is 2.76. The van der Waals surface area contributed by atoms with Crippen LogP contribution in [0.25, 0.3) is 0 Å². The zero-order valence-electron chi connectivity index (χ0n) is 11.3. The summed E-state index contributed by atoms with van der Waals surface area (Å²) in [7, 11) is -1.03. The van der Waals surface area contributed by atoms with Gasteiger partial charge in [-0.1, -0.05) is 54.3 Å². The molecule has 0 nitrogen and oxygen atoms in total. The summed E-state index contributed by atoms with van der Waals surface area (Å²) in [4.78, 5) is 0. The van der Waals surface area contributed by atoms with Gasteiger partial charge in [0.1, 0.15) is 0 Å². The first-order valence-corrected chi connectivity index (χ1v) is 8.20. The monoisotopic (exact) mass is 271 g/mol. The van der Waals surface area contributed by atoms with Gasteiger partial charge in [0.2, 0.25) is 8.80 Å². The Morgan fingerprint density at radius 1 is 0.800 bits per heavy atom. The fraction of sp³-hybridized carbons (Fsp3) is 0.0526.